The monoisotopic (exact) mass is 207 g/mol. The molecule has 0 atom stereocenters. The van der Waals surface area contributed by atoms with E-state index in [1.165, 1.54) is 18.3 Å². The average Bonchev–Trinajstić information content (AvgIpc) is 2.13. The third kappa shape index (κ3) is 3.02. The van der Waals surface area contributed by atoms with Crippen LogP contribution in [0.15, 0.2) is 30.5 Å². The van der Waals surface area contributed by atoms with Gasteiger partial charge in [-0.15, -0.1) is 0 Å². The molecule has 0 fully saturated rings. The van der Waals surface area contributed by atoms with Gasteiger partial charge in [0.1, 0.15) is 5.75 Å². The number of phenolic OH excluding ortho intramolecular Hbond substituents is 1. The third-order valence-electron chi connectivity index (χ3n) is 1.77. The molecule has 15 heavy (non-hydrogen) atoms. The summed E-state index contributed by atoms with van der Waals surface area (Å²) in [4.78, 5) is 12.6. The van der Waals surface area contributed by atoms with Crippen LogP contribution in [0.1, 0.15) is 5.56 Å². The van der Waals surface area contributed by atoms with E-state index in [9.17, 15) is 9.90 Å². The molecule has 4 nitrogen and oxygen atoms in total. The molecule has 0 bridgehead atoms. The highest BCUT2D eigenvalue weighted by Gasteiger charge is 2.10. The molecule has 1 rings (SSSR count). The van der Waals surface area contributed by atoms with Gasteiger partial charge in [0.05, 0.1) is 5.57 Å². The van der Waals surface area contributed by atoms with Crippen LogP contribution in [0.2, 0.25) is 0 Å². The Bertz CT molecular complexity index is 397. The van der Waals surface area contributed by atoms with E-state index in [1.807, 2.05) is 0 Å². The molecule has 0 saturated carbocycles. The number of benzene rings is 1. The molecule has 1 aromatic carbocycles. The van der Waals surface area contributed by atoms with Gasteiger partial charge in [-0.2, -0.15) is 0 Å². The number of hydrogen-bond donors (Lipinski definition) is 2. The van der Waals surface area contributed by atoms with Crippen LogP contribution < -0.4 is 0 Å². The standard InChI is InChI=1S/C11H13NO3/c1-12(2)7-10(11(14)15)8-4-3-5-9(13)6-8/h3-7,13H,1-2H3,(H,14,15)/b10-7-. The first-order chi connectivity index (χ1) is 7.00. The maximum atomic E-state index is 11.0. The van der Waals surface area contributed by atoms with Crippen molar-refractivity contribution in [3.05, 3.63) is 36.0 Å². The molecule has 0 aliphatic rings. The van der Waals surface area contributed by atoms with E-state index in [0.29, 0.717) is 5.56 Å². The van der Waals surface area contributed by atoms with E-state index >= 15 is 0 Å². The molecule has 0 heterocycles. The number of rotatable bonds is 3. The summed E-state index contributed by atoms with van der Waals surface area (Å²) in [6, 6.07) is 6.17. The Morgan fingerprint density at radius 1 is 1.40 bits per heavy atom. The van der Waals surface area contributed by atoms with Crippen LogP contribution in [-0.4, -0.2) is 35.2 Å². The highest BCUT2D eigenvalue weighted by atomic mass is 16.4. The van der Waals surface area contributed by atoms with Gasteiger partial charge >= 0.3 is 5.97 Å². The SMILES string of the molecule is CN(C)/C=C(\C(=O)O)c1cccc(O)c1. The predicted molar refractivity (Wildman–Crippen MR) is 57.4 cm³/mol. The van der Waals surface area contributed by atoms with E-state index < -0.39 is 5.97 Å². The second kappa shape index (κ2) is 4.50. The van der Waals surface area contributed by atoms with Gasteiger partial charge in [-0.3, -0.25) is 0 Å². The molecular formula is C11H13NO3. The second-order valence-electron chi connectivity index (χ2n) is 3.36. The molecule has 4 heteroatoms. The Labute approximate surface area is 88.1 Å². The Balaban J connectivity index is 3.16. The summed E-state index contributed by atoms with van der Waals surface area (Å²) in [6.07, 6.45) is 1.50. The lowest BCUT2D eigenvalue weighted by molar-refractivity contribution is -0.130. The van der Waals surface area contributed by atoms with Gasteiger partial charge in [-0.1, -0.05) is 12.1 Å². The number of aliphatic carboxylic acids is 1. The van der Waals surface area contributed by atoms with E-state index in [2.05, 4.69) is 0 Å². The minimum atomic E-state index is -1.02. The fourth-order valence-corrected chi connectivity index (χ4v) is 1.18. The smallest absolute Gasteiger partial charge is 0.337 e. The third-order valence-corrected chi connectivity index (χ3v) is 1.77. The fraction of sp³-hybridized carbons (Fsp3) is 0.182. The van der Waals surface area contributed by atoms with Gasteiger partial charge in [-0.05, 0) is 17.7 Å². The lowest BCUT2D eigenvalue weighted by atomic mass is 10.1. The molecule has 0 amide bonds. The van der Waals surface area contributed by atoms with Crippen LogP contribution in [0, 0.1) is 0 Å². The van der Waals surface area contributed by atoms with Gasteiger partial charge in [0, 0.05) is 20.3 Å². The van der Waals surface area contributed by atoms with Crippen molar-refractivity contribution in [1.82, 2.24) is 4.90 Å². The van der Waals surface area contributed by atoms with Crippen LogP contribution >= 0.6 is 0 Å². The quantitative estimate of drug-likeness (QED) is 0.735. The van der Waals surface area contributed by atoms with Crippen molar-refractivity contribution in [1.29, 1.82) is 0 Å². The number of nitrogens with zero attached hydrogens (tertiary/aromatic N) is 1. The maximum absolute atomic E-state index is 11.0. The summed E-state index contributed by atoms with van der Waals surface area (Å²) in [6.45, 7) is 0. The minimum absolute atomic E-state index is 0.0541. The summed E-state index contributed by atoms with van der Waals surface area (Å²) in [5.41, 5.74) is 0.632. The van der Waals surface area contributed by atoms with Crippen molar-refractivity contribution in [2.45, 2.75) is 0 Å². The van der Waals surface area contributed by atoms with Gasteiger partial charge < -0.3 is 15.1 Å². The molecule has 80 valence electrons. The number of carboxylic acids is 1. The largest absolute Gasteiger partial charge is 0.508 e. The highest BCUT2D eigenvalue weighted by Crippen LogP contribution is 2.19. The Hall–Kier alpha value is -1.97. The summed E-state index contributed by atoms with van der Waals surface area (Å²) < 4.78 is 0. The van der Waals surface area contributed by atoms with Crippen molar-refractivity contribution in [3.8, 4) is 5.75 Å². The van der Waals surface area contributed by atoms with Crippen molar-refractivity contribution in [2.75, 3.05) is 14.1 Å². The molecule has 0 aliphatic carbocycles. The lowest BCUT2D eigenvalue weighted by Gasteiger charge is -2.08. The maximum Gasteiger partial charge on any atom is 0.337 e. The molecule has 0 saturated heterocycles. The van der Waals surface area contributed by atoms with Crippen LogP contribution in [-0.2, 0) is 4.79 Å². The molecule has 0 unspecified atom stereocenters. The van der Waals surface area contributed by atoms with Crippen LogP contribution in [0.25, 0.3) is 5.57 Å². The van der Waals surface area contributed by atoms with Crippen LogP contribution in [0.3, 0.4) is 0 Å². The van der Waals surface area contributed by atoms with Crippen molar-refractivity contribution < 1.29 is 15.0 Å². The molecule has 0 spiro atoms. The first-order valence-electron chi connectivity index (χ1n) is 4.41. The van der Waals surface area contributed by atoms with Crippen molar-refractivity contribution in [2.24, 2.45) is 0 Å². The minimum Gasteiger partial charge on any atom is -0.508 e. The second-order valence-corrected chi connectivity index (χ2v) is 3.36. The Morgan fingerprint density at radius 2 is 2.07 bits per heavy atom. The van der Waals surface area contributed by atoms with Crippen LogP contribution in [0.4, 0.5) is 0 Å². The van der Waals surface area contributed by atoms with E-state index in [0.717, 1.165) is 0 Å². The molecule has 2 N–H and O–H groups in total. The Morgan fingerprint density at radius 3 is 2.53 bits per heavy atom. The fourth-order valence-electron chi connectivity index (χ4n) is 1.18. The van der Waals surface area contributed by atoms with Crippen molar-refractivity contribution >= 4 is 11.5 Å². The number of aromatic hydroxyl groups is 1. The summed E-state index contributed by atoms with van der Waals surface area (Å²) in [5, 5.41) is 18.2. The van der Waals surface area contributed by atoms with Gasteiger partial charge in [0.25, 0.3) is 0 Å². The lowest BCUT2D eigenvalue weighted by Crippen LogP contribution is -2.08. The number of carbonyl (C=O) groups is 1. The summed E-state index contributed by atoms with van der Waals surface area (Å²) >= 11 is 0. The zero-order chi connectivity index (χ0) is 11.4. The molecule has 1 aromatic rings. The topological polar surface area (TPSA) is 60.8 Å². The average molecular weight is 207 g/mol. The zero-order valence-electron chi connectivity index (χ0n) is 8.64. The molecular weight excluding hydrogens is 194 g/mol. The predicted octanol–water partition coefficient (Wildman–Crippen LogP) is 1.38. The van der Waals surface area contributed by atoms with Gasteiger partial charge in [0.2, 0.25) is 0 Å². The zero-order valence-corrected chi connectivity index (χ0v) is 8.64. The van der Waals surface area contributed by atoms with E-state index in [4.69, 9.17) is 5.11 Å². The normalized spacial score (nSPS) is 11.2. The van der Waals surface area contributed by atoms with Crippen molar-refractivity contribution in [3.63, 3.8) is 0 Å². The van der Waals surface area contributed by atoms with Gasteiger partial charge in [0.15, 0.2) is 0 Å². The Kier molecular flexibility index (Phi) is 3.33. The molecule has 0 aromatic heterocycles. The van der Waals surface area contributed by atoms with Gasteiger partial charge in [-0.25, -0.2) is 4.79 Å². The number of carboxylic acid groups (broad SMARTS) is 1. The first-order valence-corrected chi connectivity index (χ1v) is 4.41. The summed E-state index contributed by atoms with van der Waals surface area (Å²) in [5.74, 6) is -0.965. The highest BCUT2D eigenvalue weighted by molar-refractivity contribution is 6.15. The first kappa shape index (κ1) is 11.1. The number of phenols is 1. The van der Waals surface area contributed by atoms with E-state index in [1.54, 1.807) is 31.1 Å². The summed E-state index contributed by atoms with van der Waals surface area (Å²) in [7, 11) is 3.48. The van der Waals surface area contributed by atoms with Crippen LogP contribution in [0.5, 0.6) is 5.75 Å². The number of hydrogen-bond acceptors (Lipinski definition) is 3. The molecule has 0 aliphatic heterocycles. The molecule has 0 radical (unpaired) electrons. The van der Waals surface area contributed by atoms with E-state index in [-0.39, 0.29) is 11.3 Å².